The van der Waals surface area contributed by atoms with Crippen LogP contribution < -0.4 is 10.2 Å². The van der Waals surface area contributed by atoms with E-state index in [2.05, 4.69) is 46.6 Å². The fraction of sp³-hybridized carbons (Fsp3) is 0.400. The second-order valence-corrected chi connectivity index (χ2v) is 11.9. The third kappa shape index (κ3) is 6.76. The van der Waals surface area contributed by atoms with Crippen LogP contribution >= 0.6 is 23.4 Å². The smallest absolute Gasteiger partial charge is 0.262 e. The Bertz CT molecular complexity index is 1460. The fourth-order valence-corrected chi connectivity index (χ4v) is 6.60. The van der Waals surface area contributed by atoms with Crippen molar-refractivity contribution in [1.29, 1.82) is 5.26 Å². The summed E-state index contributed by atoms with van der Waals surface area (Å²) < 4.78 is 20.3. The molecule has 5 rings (SSSR count). The number of anilines is 1. The molecule has 216 valence electrons. The zero-order chi connectivity index (χ0) is 28.9. The number of allylic oxidation sites excluding steroid dienone is 1. The highest BCUT2D eigenvalue weighted by molar-refractivity contribution is 7.93. The number of morpholine rings is 1. The number of hydrogen-bond donors (Lipinski definition) is 4. The average Bonchev–Trinajstić information content (AvgIpc) is 3.49. The molecule has 41 heavy (non-hydrogen) atoms. The Morgan fingerprint density at radius 1 is 1.15 bits per heavy atom. The van der Waals surface area contributed by atoms with Gasteiger partial charge in [0, 0.05) is 47.2 Å². The molecule has 11 heteroatoms. The van der Waals surface area contributed by atoms with Crippen molar-refractivity contribution < 1.29 is 29.0 Å². The topological polar surface area (TPSA) is 135 Å². The Morgan fingerprint density at radius 2 is 1.90 bits per heavy atom. The number of rotatable bonds is 8. The molecule has 1 aromatic heterocycles. The standard InChI is InChI=1S/C30H33N3O6S2/c1-18(24(15-31)30(36)32-16-26-29(35)25(34)14-23(39-26)17-40-37)27-6-7-28(41-27)21-3-2-20-13-22(5-4-19(20)12-21)33-8-10-38-11-9-33/h2-7,12-13,23,25-26,29,34-35,37H,8-11,14,16-17H2,1H3,(H,32,36)/b24-18+/t23?,25-,26-,29+/m1/s1. The molecule has 0 bridgehead atoms. The lowest BCUT2D eigenvalue weighted by molar-refractivity contribution is -0.161. The van der Waals surface area contributed by atoms with Crippen LogP contribution in [0.5, 0.6) is 0 Å². The van der Waals surface area contributed by atoms with Crippen molar-refractivity contribution in [3.8, 4) is 16.5 Å². The van der Waals surface area contributed by atoms with E-state index in [1.807, 2.05) is 18.2 Å². The number of aliphatic hydroxyl groups is 2. The number of carbonyl (C=O) groups is 1. The molecule has 2 fully saturated rings. The average molecular weight is 596 g/mol. The molecule has 4 atom stereocenters. The van der Waals surface area contributed by atoms with Gasteiger partial charge in [-0.3, -0.25) is 4.79 Å². The first-order chi connectivity index (χ1) is 19.9. The van der Waals surface area contributed by atoms with Crippen molar-refractivity contribution in [2.75, 3.05) is 43.5 Å². The molecule has 1 amide bonds. The highest BCUT2D eigenvalue weighted by Crippen LogP contribution is 2.35. The Labute approximate surface area is 247 Å². The maximum Gasteiger partial charge on any atom is 0.262 e. The maximum atomic E-state index is 13.0. The molecule has 3 heterocycles. The summed E-state index contributed by atoms with van der Waals surface area (Å²) in [5.74, 6) is -0.338. The number of nitriles is 1. The molecular formula is C30H33N3O6S2. The predicted molar refractivity (Wildman–Crippen MR) is 162 cm³/mol. The third-order valence-corrected chi connectivity index (χ3v) is 9.32. The van der Waals surface area contributed by atoms with Crippen molar-refractivity contribution >= 4 is 51.3 Å². The quantitative estimate of drug-likeness (QED) is 0.174. The summed E-state index contributed by atoms with van der Waals surface area (Å²) in [6.45, 7) is 4.93. The van der Waals surface area contributed by atoms with Crippen molar-refractivity contribution in [2.45, 2.75) is 37.8 Å². The van der Waals surface area contributed by atoms with E-state index < -0.39 is 30.3 Å². The van der Waals surface area contributed by atoms with E-state index in [4.69, 9.17) is 14.0 Å². The van der Waals surface area contributed by atoms with Crippen molar-refractivity contribution in [1.82, 2.24) is 5.32 Å². The highest BCUT2D eigenvalue weighted by Gasteiger charge is 2.37. The number of carbonyl (C=O) groups excluding carboxylic acids is 1. The van der Waals surface area contributed by atoms with Crippen LogP contribution in [0.1, 0.15) is 18.2 Å². The predicted octanol–water partition coefficient (Wildman–Crippen LogP) is 3.90. The Balaban J connectivity index is 1.28. The van der Waals surface area contributed by atoms with Gasteiger partial charge in [-0.1, -0.05) is 18.2 Å². The molecule has 0 saturated carbocycles. The van der Waals surface area contributed by atoms with Gasteiger partial charge in [0.05, 0.1) is 25.4 Å². The minimum absolute atomic E-state index is 0.0270. The molecule has 2 saturated heterocycles. The lowest BCUT2D eigenvalue weighted by Gasteiger charge is -2.36. The van der Waals surface area contributed by atoms with Gasteiger partial charge in [0.25, 0.3) is 5.91 Å². The van der Waals surface area contributed by atoms with E-state index in [9.17, 15) is 20.3 Å². The molecule has 3 aromatic rings. The normalized spacial score (nSPS) is 23.6. The number of thiophene rings is 1. The van der Waals surface area contributed by atoms with Gasteiger partial charge in [-0.05, 0) is 71.2 Å². The first-order valence-corrected chi connectivity index (χ1v) is 15.3. The van der Waals surface area contributed by atoms with Gasteiger partial charge in [-0.15, -0.1) is 11.3 Å². The van der Waals surface area contributed by atoms with Crippen LogP contribution in [0.2, 0.25) is 0 Å². The second kappa shape index (κ2) is 13.4. The number of benzene rings is 2. The molecule has 2 aliphatic rings. The number of fused-ring (bicyclic) bond motifs is 1. The van der Waals surface area contributed by atoms with Crippen molar-refractivity contribution in [2.24, 2.45) is 0 Å². The third-order valence-electron chi connectivity index (χ3n) is 7.55. The minimum atomic E-state index is -1.18. The van der Waals surface area contributed by atoms with Gasteiger partial charge in [-0.2, -0.15) is 5.26 Å². The molecule has 0 spiro atoms. The van der Waals surface area contributed by atoms with E-state index in [-0.39, 0.29) is 24.3 Å². The Kier molecular flexibility index (Phi) is 9.62. The summed E-state index contributed by atoms with van der Waals surface area (Å²) in [4.78, 5) is 17.1. The van der Waals surface area contributed by atoms with Gasteiger partial charge in [-0.25, -0.2) is 0 Å². The Hall–Kier alpha value is -2.95. The number of amides is 1. The zero-order valence-corrected chi connectivity index (χ0v) is 24.3. The van der Waals surface area contributed by atoms with Crippen LogP contribution in [0.25, 0.3) is 26.8 Å². The van der Waals surface area contributed by atoms with Crippen LogP contribution in [0.4, 0.5) is 5.69 Å². The molecule has 0 aliphatic carbocycles. The molecule has 9 nitrogen and oxygen atoms in total. The van der Waals surface area contributed by atoms with Crippen LogP contribution in [-0.2, 0) is 14.3 Å². The number of hydrogen-bond acceptors (Lipinski definition) is 10. The van der Waals surface area contributed by atoms with Crippen LogP contribution in [0.3, 0.4) is 0 Å². The lowest BCUT2D eigenvalue weighted by atomic mass is 9.98. The van der Waals surface area contributed by atoms with E-state index in [0.29, 0.717) is 17.6 Å². The molecule has 1 unspecified atom stereocenters. The number of aliphatic hydroxyl groups excluding tert-OH is 2. The van der Waals surface area contributed by atoms with E-state index >= 15 is 0 Å². The summed E-state index contributed by atoms with van der Waals surface area (Å²) in [5.41, 5.74) is 2.78. The van der Waals surface area contributed by atoms with Gasteiger partial charge in [0.2, 0.25) is 0 Å². The van der Waals surface area contributed by atoms with E-state index in [0.717, 1.165) is 52.4 Å². The number of ether oxygens (including phenoxy) is 2. The molecule has 2 aliphatic heterocycles. The summed E-state index contributed by atoms with van der Waals surface area (Å²) in [7, 11) is 0. The monoisotopic (exact) mass is 595 g/mol. The summed E-state index contributed by atoms with van der Waals surface area (Å²) >= 11 is 2.10. The van der Waals surface area contributed by atoms with Crippen molar-refractivity contribution in [3.63, 3.8) is 0 Å². The molecule has 4 N–H and O–H groups in total. The molecule has 0 radical (unpaired) electrons. The van der Waals surface area contributed by atoms with Gasteiger partial charge < -0.3 is 34.5 Å². The van der Waals surface area contributed by atoms with Crippen molar-refractivity contribution in [3.05, 3.63) is 59.0 Å². The van der Waals surface area contributed by atoms with E-state index in [1.165, 1.54) is 17.0 Å². The zero-order valence-electron chi connectivity index (χ0n) is 22.7. The van der Waals surface area contributed by atoms with Crippen LogP contribution in [0.15, 0.2) is 54.1 Å². The Morgan fingerprint density at radius 3 is 2.66 bits per heavy atom. The SMILES string of the molecule is C/C(=C(/C#N)C(=O)NC[C@H]1OC(CSO)C[C@@H](O)[C@@H]1O)c1ccc(-c2ccc3cc(N4CCOCC4)ccc3c2)s1. The minimum Gasteiger partial charge on any atom is -0.390 e. The van der Waals surface area contributed by atoms with Gasteiger partial charge in [0.1, 0.15) is 23.9 Å². The summed E-state index contributed by atoms with van der Waals surface area (Å²) in [6.07, 6.45) is -3.33. The number of nitrogens with one attached hydrogen (secondary N) is 1. The van der Waals surface area contributed by atoms with Crippen LogP contribution in [-0.4, -0.2) is 83.7 Å². The van der Waals surface area contributed by atoms with Crippen LogP contribution in [0, 0.1) is 11.3 Å². The lowest BCUT2D eigenvalue weighted by Crippen LogP contribution is -2.53. The second-order valence-electron chi connectivity index (χ2n) is 10.2. The first kappa shape index (κ1) is 29.5. The van der Waals surface area contributed by atoms with Gasteiger partial charge >= 0.3 is 0 Å². The number of nitrogens with zero attached hydrogens (tertiary/aromatic N) is 2. The van der Waals surface area contributed by atoms with E-state index in [1.54, 1.807) is 6.92 Å². The molecule has 2 aromatic carbocycles. The molecular weight excluding hydrogens is 562 g/mol. The maximum absolute atomic E-state index is 13.0. The van der Waals surface area contributed by atoms with Gasteiger partial charge in [0.15, 0.2) is 0 Å². The largest absolute Gasteiger partial charge is 0.390 e. The summed E-state index contributed by atoms with van der Waals surface area (Å²) in [5, 5.41) is 35.2. The first-order valence-electron chi connectivity index (χ1n) is 13.5. The highest BCUT2D eigenvalue weighted by atomic mass is 32.2. The fourth-order valence-electron chi connectivity index (χ4n) is 5.21. The summed E-state index contributed by atoms with van der Waals surface area (Å²) in [6, 6.07) is 18.8.